The molecule has 2 aromatic rings. The van der Waals surface area contributed by atoms with E-state index >= 15 is 0 Å². The minimum Gasteiger partial charge on any atom is -0.507 e. The quantitative estimate of drug-likeness (QED) is 0.704. The highest BCUT2D eigenvalue weighted by Gasteiger charge is 2.22. The van der Waals surface area contributed by atoms with Crippen LogP contribution in [0.3, 0.4) is 0 Å². The van der Waals surface area contributed by atoms with Crippen molar-refractivity contribution in [1.82, 2.24) is 5.32 Å². The third-order valence-corrected chi connectivity index (χ3v) is 4.82. The molecule has 1 amide bonds. The molecule has 160 valence electrons. The van der Waals surface area contributed by atoms with Crippen LogP contribution >= 0.6 is 0 Å². The summed E-state index contributed by atoms with van der Waals surface area (Å²) in [5.74, 6) is 0.0843. The van der Waals surface area contributed by atoms with E-state index < -0.39 is 18.5 Å². The average Bonchev–Trinajstić information content (AvgIpc) is 2.96. The predicted molar refractivity (Wildman–Crippen MR) is 111 cm³/mol. The standard InChI is InChI=1S/C23H27NO6/c1-14(2)22(16-6-8-19-20(12-16)29-10-4-9-28-19)24-21(26)13-30-23(27)17-11-15(3)5-7-18(17)25/h5-8,11-12,14,22,25H,4,9-10,13H2,1-3H3,(H,24,26)/t22-/m0/s1. The Balaban J connectivity index is 1.65. The first-order valence-corrected chi connectivity index (χ1v) is 10.0. The van der Waals surface area contributed by atoms with Gasteiger partial charge in [-0.15, -0.1) is 0 Å². The summed E-state index contributed by atoms with van der Waals surface area (Å²) >= 11 is 0. The molecule has 7 heteroatoms. The number of phenols is 1. The summed E-state index contributed by atoms with van der Waals surface area (Å²) in [6.07, 6.45) is 0.816. The molecule has 0 saturated carbocycles. The van der Waals surface area contributed by atoms with Gasteiger partial charge in [0.1, 0.15) is 11.3 Å². The molecule has 0 spiro atoms. The normalized spacial score (nSPS) is 14.0. The molecule has 0 saturated heterocycles. The molecule has 0 unspecified atom stereocenters. The fourth-order valence-electron chi connectivity index (χ4n) is 3.25. The molecule has 0 radical (unpaired) electrons. The average molecular weight is 413 g/mol. The van der Waals surface area contributed by atoms with E-state index in [0.717, 1.165) is 17.5 Å². The first-order chi connectivity index (χ1) is 14.3. The Bertz CT molecular complexity index is 924. The van der Waals surface area contributed by atoms with Crippen molar-refractivity contribution >= 4 is 11.9 Å². The highest BCUT2D eigenvalue weighted by Crippen LogP contribution is 2.34. The van der Waals surface area contributed by atoms with Crippen LogP contribution in [0, 0.1) is 12.8 Å². The summed E-state index contributed by atoms with van der Waals surface area (Å²) in [5.41, 5.74) is 1.72. The number of phenolic OH excluding ortho intramolecular Hbond substituents is 1. The Hall–Kier alpha value is -3.22. The lowest BCUT2D eigenvalue weighted by Crippen LogP contribution is -2.35. The van der Waals surface area contributed by atoms with Gasteiger partial charge in [-0.25, -0.2) is 4.79 Å². The Morgan fingerprint density at radius 3 is 2.57 bits per heavy atom. The van der Waals surface area contributed by atoms with E-state index in [4.69, 9.17) is 14.2 Å². The van der Waals surface area contributed by atoms with Gasteiger partial charge < -0.3 is 24.6 Å². The molecule has 0 aliphatic carbocycles. The van der Waals surface area contributed by atoms with Crippen molar-refractivity contribution in [2.75, 3.05) is 19.8 Å². The van der Waals surface area contributed by atoms with Crippen molar-refractivity contribution in [3.8, 4) is 17.2 Å². The van der Waals surface area contributed by atoms with Gasteiger partial charge in [-0.3, -0.25) is 4.79 Å². The Morgan fingerprint density at radius 2 is 1.83 bits per heavy atom. The van der Waals surface area contributed by atoms with Crippen LogP contribution in [0.2, 0.25) is 0 Å². The lowest BCUT2D eigenvalue weighted by Gasteiger charge is -2.24. The maximum Gasteiger partial charge on any atom is 0.342 e. The number of amides is 1. The summed E-state index contributed by atoms with van der Waals surface area (Å²) in [6, 6.07) is 9.95. The van der Waals surface area contributed by atoms with Gasteiger partial charge in [-0.2, -0.15) is 0 Å². The van der Waals surface area contributed by atoms with E-state index in [2.05, 4.69) is 5.32 Å². The van der Waals surface area contributed by atoms with Crippen LogP contribution in [0.5, 0.6) is 17.2 Å². The number of hydrogen-bond acceptors (Lipinski definition) is 6. The minimum absolute atomic E-state index is 0.0334. The van der Waals surface area contributed by atoms with Gasteiger partial charge >= 0.3 is 5.97 Å². The topological polar surface area (TPSA) is 94.1 Å². The highest BCUT2D eigenvalue weighted by molar-refractivity contribution is 5.94. The van der Waals surface area contributed by atoms with Crippen molar-refractivity contribution in [3.63, 3.8) is 0 Å². The number of fused-ring (bicyclic) bond motifs is 1. The summed E-state index contributed by atoms with van der Waals surface area (Å²) in [6.45, 7) is 6.52. The molecule has 1 aliphatic heterocycles. The monoisotopic (exact) mass is 413 g/mol. The van der Waals surface area contributed by atoms with Gasteiger partial charge in [-0.1, -0.05) is 31.5 Å². The maximum absolute atomic E-state index is 12.5. The molecule has 2 aromatic carbocycles. The molecule has 1 atom stereocenters. The Kier molecular flexibility index (Phi) is 6.82. The molecule has 0 aromatic heterocycles. The van der Waals surface area contributed by atoms with Gasteiger partial charge in [0.05, 0.1) is 19.3 Å². The molecule has 2 N–H and O–H groups in total. The van der Waals surface area contributed by atoms with Crippen LogP contribution in [0.25, 0.3) is 0 Å². The van der Waals surface area contributed by atoms with E-state index in [1.807, 2.05) is 32.0 Å². The number of esters is 1. The second kappa shape index (κ2) is 9.52. The zero-order valence-electron chi connectivity index (χ0n) is 17.4. The third-order valence-electron chi connectivity index (χ3n) is 4.82. The highest BCUT2D eigenvalue weighted by atomic mass is 16.5. The van der Waals surface area contributed by atoms with Crippen LogP contribution < -0.4 is 14.8 Å². The van der Waals surface area contributed by atoms with E-state index in [-0.39, 0.29) is 23.3 Å². The van der Waals surface area contributed by atoms with Crippen molar-refractivity contribution in [3.05, 3.63) is 53.1 Å². The second-order valence-electron chi connectivity index (χ2n) is 7.64. The number of carbonyl (C=O) groups is 2. The van der Waals surface area contributed by atoms with Crippen molar-refractivity contribution in [2.24, 2.45) is 5.92 Å². The first kappa shape index (κ1) is 21.5. The van der Waals surface area contributed by atoms with Crippen LogP contribution in [0.4, 0.5) is 0 Å². The predicted octanol–water partition coefficient (Wildman–Crippen LogP) is 3.53. The summed E-state index contributed by atoms with van der Waals surface area (Å²) in [5, 5.41) is 12.7. The molecule has 0 fully saturated rings. The van der Waals surface area contributed by atoms with Gasteiger partial charge in [-0.05, 0) is 42.7 Å². The van der Waals surface area contributed by atoms with Gasteiger partial charge in [0.2, 0.25) is 0 Å². The van der Waals surface area contributed by atoms with Crippen LogP contribution in [0.1, 0.15) is 47.8 Å². The fourth-order valence-corrected chi connectivity index (χ4v) is 3.25. The number of aromatic hydroxyl groups is 1. The minimum atomic E-state index is -0.747. The van der Waals surface area contributed by atoms with Crippen LogP contribution in [-0.4, -0.2) is 36.8 Å². The Labute approximate surface area is 176 Å². The number of benzene rings is 2. The SMILES string of the molecule is Cc1ccc(O)c(C(=O)OCC(=O)N[C@H](c2ccc3c(c2)OCCCO3)C(C)C)c1. The fraction of sp³-hybridized carbons (Fsp3) is 0.391. The largest absolute Gasteiger partial charge is 0.507 e. The maximum atomic E-state index is 12.5. The molecule has 1 aliphatic rings. The number of ether oxygens (including phenoxy) is 3. The zero-order valence-corrected chi connectivity index (χ0v) is 17.4. The van der Waals surface area contributed by atoms with E-state index in [9.17, 15) is 14.7 Å². The molecule has 7 nitrogen and oxygen atoms in total. The molecule has 30 heavy (non-hydrogen) atoms. The molecular weight excluding hydrogens is 386 g/mol. The number of hydrogen-bond donors (Lipinski definition) is 2. The van der Waals surface area contributed by atoms with E-state index in [0.29, 0.717) is 24.7 Å². The van der Waals surface area contributed by atoms with Crippen molar-refractivity contribution in [2.45, 2.75) is 33.2 Å². The van der Waals surface area contributed by atoms with Crippen LogP contribution in [0.15, 0.2) is 36.4 Å². The van der Waals surface area contributed by atoms with Crippen molar-refractivity contribution < 1.29 is 28.9 Å². The summed E-state index contributed by atoms with van der Waals surface area (Å²) < 4.78 is 16.5. The van der Waals surface area contributed by atoms with Gasteiger partial charge in [0.15, 0.2) is 18.1 Å². The Morgan fingerprint density at radius 1 is 1.10 bits per heavy atom. The van der Waals surface area contributed by atoms with Crippen molar-refractivity contribution in [1.29, 1.82) is 0 Å². The number of rotatable bonds is 6. The summed E-state index contributed by atoms with van der Waals surface area (Å²) in [4.78, 5) is 24.7. The first-order valence-electron chi connectivity index (χ1n) is 10.0. The second-order valence-corrected chi connectivity index (χ2v) is 7.64. The summed E-state index contributed by atoms with van der Waals surface area (Å²) in [7, 11) is 0. The molecule has 3 rings (SSSR count). The van der Waals surface area contributed by atoms with E-state index in [1.165, 1.54) is 12.1 Å². The number of nitrogens with one attached hydrogen (secondary N) is 1. The van der Waals surface area contributed by atoms with Gasteiger partial charge in [0, 0.05) is 6.42 Å². The van der Waals surface area contributed by atoms with E-state index in [1.54, 1.807) is 13.0 Å². The lowest BCUT2D eigenvalue weighted by molar-refractivity contribution is -0.125. The molecule has 1 heterocycles. The van der Waals surface area contributed by atoms with Crippen LogP contribution in [-0.2, 0) is 9.53 Å². The zero-order chi connectivity index (χ0) is 21.7. The van der Waals surface area contributed by atoms with Gasteiger partial charge in [0.25, 0.3) is 5.91 Å². The smallest absolute Gasteiger partial charge is 0.342 e. The third kappa shape index (κ3) is 5.23. The molecular formula is C23H27NO6. The number of carbonyl (C=O) groups excluding carboxylic acids is 2. The molecule has 0 bridgehead atoms. The lowest BCUT2D eigenvalue weighted by atomic mass is 9.95. The number of aryl methyl sites for hydroxylation is 1.